The molecule has 1 amide bonds. The highest BCUT2D eigenvalue weighted by atomic mass is 19.4. The highest BCUT2D eigenvalue weighted by molar-refractivity contribution is 5.96. The molecule has 0 fully saturated rings. The number of nitrogens with zero attached hydrogens (tertiary/aromatic N) is 3. The normalized spacial score (nSPS) is 11.6. The van der Waals surface area contributed by atoms with Crippen LogP contribution < -0.4 is 4.74 Å². The van der Waals surface area contributed by atoms with E-state index in [0.717, 1.165) is 16.1 Å². The van der Waals surface area contributed by atoms with Gasteiger partial charge in [-0.25, -0.2) is 4.98 Å². The Labute approximate surface area is 160 Å². The number of fused-ring (bicyclic) bond motifs is 1. The van der Waals surface area contributed by atoms with Crippen LogP contribution in [0, 0.1) is 6.92 Å². The Hall–Kier alpha value is -3.03. The summed E-state index contributed by atoms with van der Waals surface area (Å²) in [6, 6.07) is 10.4. The lowest BCUT2D eigenvalue weighted by Crippen LogP contribution is -2.30. The van der Waals surface area contributed by atoms with Crippen LogP contribution in [0.4, 0.5) is 13.2 Å². The molecule has 0 aliphatic carbocycles. The van der Waals surface area contributed by atoms with E-state index in [4.69, 9.17) is 4.74 Å². The number of aryl methyl sites for hydroxylation is 1. The van der Waals surface area contributed by atoms with Crippen LogP contribution in [0.3, 0.4) is 0 Å². The molecule has 8 heteroatoms. The van der Waals surface area contributed by atoms with Gasteiger partial charge in [0.25, 0.3) is 5.91 Å². The molecule has 2 aromatic heterocycles. The first-order valence-corrected chi connectivity index (χ1v) is 8.72. The third-order valence-corrected chi connectivity index (χ3v) is 4.30. The zero-order valence-corrected chi connectivity index (χ0v) is 15.5. The summed E-state index contributed by atoms with van der Waals surface area (Å²) in [5.41, 5.74) is 2.74. The molecule has 2 heterocycles. The predicted molar refractivity (Wildman–Crippen MR) is 98.3 cm³/mol. The number of hydrogen-bond acceptors (Lipinski definition) is 3. The van der Waals surface area contributed by atoms with Crippen molar-refractivity contribution in [2.45, 2.75) is 26.1 Å². The van der Waals surface area contributed by atoms with E-state index in [1.807, 2.05) is 35.9 Å². The molecule has 0 spiro atoms. The van der Waals surface area contributed by atoms with Gasteiger partial charge in [0.15, 0.2) is 0 Å². The first-order valence-electron chi connectivity index (χ1n) is 8.72. The number of imidazole rings is 1. The van der Waals surface area contributed by atoms with Crippen LogP contribution in [0.15, 0.2) is 48.8 Å². The van der Waals surface area contributed by atoms with Gasteiger partial charge in [-0.1, -0.05) is 18.2 Å². The predicted octanol–water partition coefficient (Wildman–Crippen LogP) is 4.25. The van der Waals surface area contributed by atoms with E-state index in [2.05, 4.69) is 4.98 Å². The van der Waals surface area contributed by atoms with Crippen molar-refractivity contribution < 1.29 is 22.7 Å². The number of alkyl halides is 3. The number of ether oxygens (including phenoxy) is 1. The van der Waals surface area contributed by atoms with Gasteiger partial charge in [0.1, 0.15) is 18.0 Å². The minimum atomic E-state index is -4.31. The van der Waals surface area contributed by atoms with E-state index in [-0.39, 0.29) is 12.2 Å². The van der Waals surface area contributed by atoms with Gasteiger partial charge in [0.2, 0.25) is 0 Å². The van der Waals surface area contributed by atoms with Crippen molar-refractivity contribution in [2.24, 2.45) is 0 Å². The van der Waals surface area contributed by atoms with E-state index < -0.39 is 25.0 Å². The smallest absolute Gasteiger partial charge is 0.390 e. The van der Waals surface area contributed by atoms with Gasteiger partial charge in [0, 0.05) is 26.0 Å². The van der Waals surface area contributed by atoms with E-state index in [0.29, 0.717) is 11.4 Å². The van der Waals surface area contributed by atoms with Crippen LogP contribution >= 0.6 is 0 Å². The van der Waals surface area contributed by atoms with Crippen LogP contribution in [-0.2, 0) is 6.61 Å². The number of rotatable bonds is 6. The van der Waals surface area contributed by atoms with Gasteiger partial charge in [-0.05, 0) is 30.7 Å². The second-order valence-electron chi connectivity index (χ2n) is 6.53. The zero-order valence-electron chi connectivity index (χ0n) is 15.5. The quantitative estimate of drug-likeness (QED) is 0.631. The number of para-hydroxylation sites is 1. The van der Waals surface area contributed by atoms with Crippen molar-refractivity contribution in [3.05, 3.63) is 65.6 Å². The number of amides is 1. The molecule has 3 aromatic rings. The van der Waals surface area contributed by atoms with E-state index in [1.165, 1.54) is 13.1 Å². The molecule has 0 N–H and O–H groups in total. The Morgan fingerprint density at radius 2 is 1.96 bits per heavy atom. The molecule has 0 aliphatic rings. The summed E-state index contributed by atoms with van der Waals surface area (Å²) in [4.78, 5) is 18.1. The maximum absolute atomic E-state index is 12.5. The van der Waals surface area contributed by atoms with Crippen LogP contribution in [0.2, 0.25) is 0 Å². The Balaban J connectivity index is 1.72. The molecule has 0 aliphatic heterocycles. The van der Waals surface area contributed by atoms with Crippen LogP contribution in [0.5, 0.6) is 5.75 Å². The van der Waals surface area contributed by atoms with Crippen molar-refractivity contribution in [1.82, 2.24) is 14.3 Å². The van der Waals surface area contributed by atoms with Gasteiger partial charge in [-0.2, -0.15) is 13.2 Å². The Kier molecular flexibility index (Phi) is 5.58. The third kappa shape index (κ3) is 4.62. The molecule has 0 unspecified atom stereocenters. The topological polar surface area (TPSA) is 46.8 Å². The van der Waals surface area contributed by atoms with E-state index >= 15 is 0 Å². The summed E-state index contributed by atoms with van der Waals surface area (Å²) in [5.74, 6) is -0.217. The first-order chi connectivity index (χ1) is 13.2. The van der Waals surface area contributed by atoms with E-state index in [1.54, 1.807) is 18.2 Å². The van der Waals surface area contributed by atoms with Gasteiger partial charge >= 0.3 is 6.18 Å². The molecule has 1 aromatic carbocycles. The molecular weight excluding hydrogens is 371 g/mol. The summed E-state index contributed by atoms with van der Waals surface area (Å²) in [6.07, 6.45) is -1.65. The fourth-order valence-corrected chi connectivity index (χ4v) is 2.80. The first kappa shape index (κ1) is 19.7. The van der Waals surface area contributed by atoms with Crippen molar-refractivity contribution >= 4 is 11.6 Å². The fraction of sp³-hybridized carbons (Fsp3) is 0.300. The SMILES string of the molecule is Cc1cccn2cc(COc3ccccc3C(=O)N(C)CCC(F)(F)F)nc12. The highest BCUT2D eigenvalue weighted by Crippen LogP contribution is 2.23. The number of hydrogen-bond donors (Lipinski definition) is 0. The molecule has 0 saturated carbocycles. The van der Waals surface area contributed by atoms with Gasteiger partial charge in [0.05, 0.1) is 17.7 Å². The maximum atomic E-state index is 12.5. The molecule has 5 nitrogen and oxygen atoms in total. The minimum absolute atomic E-state index is 0.137. The zero-order chi connectivity index (χ0) is 20.3. The molecule has 0 saturated heterocycles. The lowest BCUT2D eigenvalue weighted by atomic mass is 10.1. The molecular formula is C20H20F3N3O2. The van der Waals surface area contributed by atoms with Gasteiger partial charge in [-0.3, -0.25) is 4.79 Å². The van der Waals surface area contributed by atoms with Crippen LogP contribution in [0.25, 0.3) is 5.65 Å². The lowest BCUT2D eigenvalue weighted by molar-refractivity contribution is -0.136. The summed E-state index contributed by atoms with van der Waals surface area (Å²) in [7, 11) is 1.34. The molecule has 0 radical (unpaired) electrons. The number of pyridine rings is 1. The largest absolute Gasteiger partial charge is 0.486 e. The maximum Gasteiger partial charge on any atom is 0.390 e. The van der Waals surface area contributed by atoms with Crippen LogP contribution in [-0.4, -0.2) is 40.0 Å². The number of benzene rings is 1. The summed E-state index contributed by atoms with van der Waals surface area (Å²) in [5, 5.41) is 0. The van der Waals surface area contributed by atoms with Crippen molar-refractivity contribution in [3.8, 4) is 5.75 Å². The second kappa shape index (κ2) is 7.92. The Bertz CT molecular complexity index is 982. The average molecular weight is 391 g/mol. The van der Waals surface area contributed by atoms with Crippen LogP contribution in [0.1, 0.15) is 28.0 Å². The second-order valence-corrected chi connectivity index (χ2v) is 6.53. The number of aromatic nitrogens is 2. The lowest BCUT2D eigenvalue weighted by Gasteiger charge is -2.19. The minimum Gasteiger partial charge on any atom is -0.486 e. The average Bonchev–Trinajstić information content (AvgIpc) is 3.08. The summed E-state index contributed by atoms with van der Waals surface area (Å²) >= 11 is 0. The molecule has 3 rings (SSSR count). The monoisotopic (exact) mass is 391 g/mol. The molecule has 28 heavy (non-hydrogen) atoms. The molecule has 0 bridgehead atoms. The standard InChI is InChI=1S/C20H20F3N3O2/c1-14-6-5-10-26-12-15(24-18(14)26)13-28-17-8-4-3-7-16(17)19(27)25(2)11-9-20(21,22)23/h3-8,10,12H,9,11,13H2,1-2H3. The molecule has 0 atom stereocenters. The highest BCUT2D eigenvalue weighted by Gasteiger charge is 2.28. The number of carbonyl (C=O) groups excluding carboxylic acids is 1. The van der Waals surface area contributed by atoms with Crippen molar-refractivity contribution in [3.63, 3.8) is 0 Å². The van der Waals surface area contributed by atoms with Crippen molar-refractivity contribution in [1.29, 1.82) is 0 Å². The van der Waals surface area contributed by atoms with E-state index in [9.17, 15) is 18.0 Å². The summed E-state index contributed by atoms with van der Waals surface area (Å²) < 4.78 is 44.9. The third-order valence-electron chi connectivity index (χ3n) is 4.30. The number of carbonyl (C=O) groups is 1. The van der Waals surface area contributed by atoms with Gasteiger partial charge < -0.3 is 14.0 Å². The number of halogens is 3. The summed E-state index contributed by atoms with van der Waals surface area (Å²) in [6.45, 7) is 1.68. The Morgan fingerprint density at radius 3 is 2.68 bits per heavy atom. The van der Waals surface area contributed by atoms with Gasteiger partial charge in [-0.15, -0.1) is 0 Å². The Morgan fingerprint density at radius 1 is 1.21 bits per heavy atom. The van der Waals surface area contributed by atoms with Crippen molar-refractivity contribution in [2.75, 3.05) is 13.6 Å². The molecule has 148 valence electrons. The fourth-order valence-electron chi connectivity index (χ4n) is 2.80.